The smallest absolute Gasteiger partial charge is 0.306 e. The standard InChI is InChI=1S/C38H59NO4/c1-25-28(26-6-8-27(9-7-26)34(40)41)12-16-35(2)30(25)13-17-36(3)31-14-18-38(39-22-19-37(42)20-23-43-24-21-37)15-4-5-32(38)29(31)10-11-33(35)36/h6,12,25,27,29-33,39,42H,4-5,7-11,13-24H2,1-3H3,(H,40,41). The van der Waals surface area contributed by atoms with Gasteiger partial charge < -0.3 is 20.3 Å². The van der Waals surface area contributed by atoms with Crippen LogP contribution in [0.5, 0.6) is 0 Å². The number of allylic oxidation sites excluding steroid dienone is 4. The molecule has 10 unspecified atom stereocenters. The first-order valence-corrected chi connectivity index (χ1v) is 18.3. The molecule has 43 heavy (non-hydrogen) atoms. The monoisotopic (exact) mass is 593 g/mol. The lowest BCUT2D eigenvalue weighted by molar-refractivity contribution is -0.166. The predicted molar refractivity (Wildman–Crippen MR) is 170 cm³/mol. The van der Waals surface area contributed by atoms with Gasteiger partial charge >= 0.3 is 5.97 Å². The summed E-state index contributed by atoms with van der Waals surface area (Å²) in [4.78, 5) is 11.5. The number of carboxylic acid groups (broad SMARTS) is 1. The van der Waals surface area contributed by atoms with Crippen LogP contribution < -0.4 is 5.32 Å². The minimum absolute atomic E-state index is 0.193. The summed E-state index contributed by atoms with van der Waals surface area (Å²) < 4.78 is 5.53. The molecule has 0 radical (unpaired) electrons. The fourth-order valence-electron chi connectivity index (χ4n) is 13.1. The van der Waals surface area contributed by atoms with Crippen LogP contribution in [0.25, 0.3) is 0 Å². The Bertz CT molecular complexity index is 1140. The van der Waals surface area contributed by atoms with Crippen LogP contribution in [0.3, 0.4) is 0 Å². The second kappa shape index (κ2) is 11.3. The summed E-state index contributed by atoms with van der Waals surface area (Å²) in [6.45, 7) is 10.3. The van der Waals surface area contributed by atoms with Crippen molar-refractivity contribution in [3.63, 3.8) is 0 Å². The third-order valence-electron chi connectivity index (χ3n) is 15.3. The Balaban J connectivity index is 1.06. The summed E-state index contributed by atoms with van der Waals surface area (Å²) in [5.41, 5.74) is 3.62. The molecule has 5 fully saturated rings. The molecule has 0 spiro atoms. The van der Waals surface area contributed by atoms with Crippen LogP contribution in [0.2, 0.25) is 0 Å². The topological polar surface area (TPSA) is 78.8 Å². The number of nitrogens with one attached hydrogen (secondary N) is 1. The fourth-order valence-corrected chi connectivity index (χ4v) is 13.1. The molecule has 5 nitrogen and oxygen atoms in total. The van der Waals surface area contributed by atoms with Crippen LogP contribution in [-0.2, 0) is 9.53 Å². The van der Waals surface area contributed by atoms with Crippen LogP contribution in [0.1, 0.15) is 124 Å². The maximum atomic E-state index is 11.5. The van der Waals surface area contributed by atoms with Crippen molar-refractivity contribution < 1.29 is 19.7 Å². The van der Waals surface area contributed by atoms with Crippen molar-refractivity contribution >= 4 is 5.97 Å². The second-order valence-electron chi connectivity index (χ2n) is 17.0. The molecule has 0 bridgehead atoms. The highest BCUT2D eigenvalue weighted by Gasteiger charge is 2.64. The summed E-state index contributed by atoms with van der Waals surface area (Å²) in [6, 6.07) is 0. The van der Waals surface area contributed by atoms with Gasteiger partial charge in [0.05, 0.1) is 11.5 Å². The van der Waals surface area contributed by atoms with Crippen molar-refractivity contribution in [2.75, 3.05) is 19.8 Å². The predicted octanol–water partition coefficient (Wildman–Crippen LogP) is 7.68. The first-order valence-electron chi connectivity index (χ1n) is 18.3. The quantitative estimate of drug-likeness (QED) is 0.294. The van der Waals surface area contributed by atoms with E-state index in [-0.39, 0.29) is 5.92 Å². The number of aliphatic carboxylic acids is 1. The number of ether oxygens (including phenoxy) is 1. The molecular weight excluding hydrogens is 534 g/mol. The minimum atomic E-state index is -0.627. The van der Waals surface area contributed by atoms with Crippen LogP contribution in [0.4, 0.5) is 0 Å². The number of fused-ring (bicyclic) bond motifs is 7. The third-order valence-corrected chi connectivity index (χ3v) is 15.3. The molecule has 240 valence electrons. The molecule has 10 atom stereocenters. The average Bonchev–Trinajstić information content (AvgIpc) is 3.42. The number of hydrogen-bond donors (Lipinski definition) is 3. The van der Waals surface area contributed by atoms with E-state index in [0.29, 0.717) is 41.9 Å². The zero-order valence-electron chi connectivity index (χ0n) is 27.3. The van der Waals surface area contributed by atoms with Gasteiger partial charge in [0, 0.05) is 18.8 Å². The highest BCUT2D eigenvalue weighted by molar-refractivity contribution is 5.70. The Labute approximate surface area is 260 Å². The van der Waals surface area contributed by atoms with Crippen molar-refractivity contribution in [2.24, 2.45) is 52.3 Å². The molecule has 5 heteroatoms. The summed E-state index contributed by atoms with van der Waals surface area (Å²) in [5, 5.41) is 24.7. The number of carboxylic acids is 1. The minimum Gasteiger partial charge on any atom is -0.481 e. The highest BCUT2D eigenvalue weighted by atomic mass is 16.5. The molecule has 0 aromatic rings. The van der Waals surface area contributed by atoms with Gasteiger partial charge in [0.25, 0.3) is 0 Å². The largest absolute Gasteiger partial charge is 0.481 e. The Hall–Kier alpha value is -1.17. The molecule has 6 aliphatic carbocycles. The van der Waals surface area contributed by atoms with E-state index in [1.807, 2.05) is 0 Å². The van der Waals surface area contributed by atoms with E-state index in [9.17, 15) is 15.0 Å². The lowest BCUT2D eigenvalue weighted by Crippen LogP contribution is -2.63. The lowest BCUT2D eigenvalue weighted by atomic mass is 9.38. The van der Waals surface area contributed by atoms with Crippen LogP contribution in [0.15, 0.2) is 23.3 Å². The SMILES string of the molecule is CC1C(C2=CCC(C(=O)O)CC2)=CCC2(C)C1CCC1(C)C3CCC4(NCCC5(O)CCOCC5)CCCC4C3CCC21. The van der Waals surface area contributed by atoms with E-state index >= 15 is 0 Å². The van der Waals surface area contributed by atoms with Crippen molar-refractivity contribution in [1.29, 1.82) is 0 Å². The fraction of sp³-hybridized carbons (Fsp3) is 0.868. The molecule has 4 saturated carbocycles. The van der Waals surface area contributed by atoms with Gasteiger partial charge in [-0.2, -0.15) is 0 Å². The molecule has 0 amide bonds. The number of carbonyl (C=O) groups is 1. The van der Waals surface area contributed by atoms with Gasteiger partial charge in [-0.25, -0.2) is 0 Å². The maximum Gasteiger partial charge on any atom is 0.306 e. The summed E-state index contributed by atoms with van der Waals surface area (Å²) in [7, 11) is 0. The van der Waals surface area contributed by atoms with Gasteiger partial charge in [0.2, 0.25) is 0 Å². The summed E-state index contributed by atoms with van der Waals surface area (Å²) >= 11 is 0. The van der Waals surface area contributed by atoms with E-state index in [1.165, 1.54) is 69.8 Å². The zero-order chi connectivity index (χ0) is 30.0. The maximum absolute atomic E-state index is 11.5. The van der Waals surface area contributed by atoms with Crippen molar-refractivity contribution in [3.05, 3.63) is 23.3 Å². The van der Waals surface area contributed by atoms with Gasteiger partial charge in [-0.1, -0.05) is 39.3 Å². The first-order chi connectivity index (χ1) is 20.6. The summed E-state index contributed by atoms with van der Waals surface area (Å²) in [6.07, 6.45) is 23.3. The van der Waals surface area contributed by atoms with Crippen molar-refractivity contribution in [1.82, 2.24) is 5.32 Å². The first kappa shape index (κ1) is 30.5. The average molecular weight is 594 g/mol. The van der Waals surface area contributed by atoms with Crippen molar-refractivity contribution in [2.45, 2.75) is 135 Å². The lowest BCUT2D eigenvalue weighted by Gasteiger charge is -2.67. The third kappa shape index (κ3) is 5.01. The summed E-state index contributed by atoms with van der Waals surface area (Å²) in [5.74, 6) is 3.84. The number of rotatable bonds is 6. The molecule has 1 saturated heterocycles. The zero-order valence-corrected chi connectivity index (χ0v) is 27.3. The molecule has 3 N–H and O–H groups in total. The van der Waals surface area contributed by atoms with Gasteiger partial charge in [-0.3, -0.25) is 4.79 Å². The van der Waals surface area contributed by atoms with E-state index in [1.54, 1.807) is 5.57 Å². The number of hydrogen-bond acceptors (Lipinski definition) is 4. The molecule has 7 aliphatic rings. The number of aliphatic hydroxyl groups is 1. The molecule has 0 aromatic carbocycles. The van der Waals surface area contributed by atoms with Gasteiger partial charge in [-0.05, 0) is 160 Å². The van der Waals surface area contributed by atoms with Crippen molar-refractivity contribution in [3.8, 4) is 0 Å². The Morgan fingerprint density at radius 2 is 1.72 bits per heavy atom. The van der Waals surface area contributed by atoms with Crippen LogP contribution in [-0.4, -0.2) is 47.1 Å². The molecule has 0 aromatic heterocycles. The Morgan fingerprint density at radius 3 is 2.47 bits per heavy atom. The Kier molecular flexibility index (Phi) is 7.99. The van der Waals surface area contributed by atoms with E-state index in [2.05, 4.69) is 38.2 Å². The molecule has 1 heterocycles. The Morgan fingerprint density at radius 1 is 0.930 bits per heavy atom. The molecule has 7 rings (SSSR count). The van der Waals surface area contributed by atoms with Gasteiger partial charge in [0.15, 0.2) is 0 Å². The van der Waals surface area contributed by atoms with E-state index in [4.69, 9.17) is 4.74 Å². The van der Waals surface area contributed by atoms with Crippen LogP contribution >= 0.6 is 0 Å². The second-order valence-corrected chi connectivity index (χ2v) is 17.0. The molecular formula is C38H59NO4. The highest BCUT2D eigenvalue weighted by Crippen LogP contribution is 2.70. The van der Waals surface area contributed by atoms with E-state index < -0.39 is 11.6 Å². The van der Waals surface area contributed by atoms with Gasteiger partial charge in [0.1, 0.15) is 0 Å². The van der Waals surface area contributed by atoms with E-state index in [0.717, 1.165) is 68.2 Å². The normalized spacial score (nSPS) is 47.3. The van der Waals surface area contributed by atoms with Crippen LogP contribution in [0, 0.1) is 52.3 Å². The van der Waals surface area contributed by atoms with Gasteiger partial charge in [-0.15, -0.1) is 0 Å². The molecule has 1 aliphatic heterocycles.